The molecule has 0 aliphatic carbocycles. The molecule has 1 aliphatic heterocycles. The normalized spacial score (nSPS) is 13.0. The summed E-state index contributed by atoms with van der Waals surface area (Å²) in [5.41, 5.74) is 2.41. The fourth-order valence-electron chi connectivity index (χ4n) is 2.95. The molecule has 0 unspecified atom stereocenters. The molecule has 0 saturated carbocycles. The van der Waals surface area contributed by atoms with Crippen LogP contribution in [0.4, 0.5) is 11.4 Å². The second-order valence-electron chi connectivity index (χ2n) is 5.88. The van der Waals surface area contributed by atoms with Crippen LogP contribution in [0, 0.1) is 10.1 Å². The number of fused-ring (bicyclic) bond motifs is 1. The number of rotatable bonds is 5. The van der Waals surface area contributed by atoms with Crippen molar-refractivity contribution in [3.63, 3.8) is 0 Å². The minimum atomic E-state index is -0.453. The number of aromatic nitrogens is 2. The smallest absolute Gasteiger partial charge is 0.271 e. The van der Waals surface area contributed by atoms with Gasteiger partial charge in [0.05, 0.1) is 10.6 Å². The molecule has 26 heavy (non-hydrogen) atoms. The van der Waals surface area contributed by atoms with Crippen molar-refractivity contribution < 1.29 is 14.1 Å². The van der Waals surface area contributed by atoms with Crippen LogP contribution in [0.1, 0.15) is 17.9 Å². The quantitative estimate of drug-likeness (QED) is 0.505. The third kappa shape index (κ3) is 3.08. The maximum atomic E-state index is 12.6. The summed E-state index contributed by atoms with van der Waals surface area (Å²) >= 11 is 1.54. The molecule has 0 saturated heterocycles. The molecular formula is C17H14N4O4S. The first-order valence-electron chi connectivity index (χ1n) is 8.04. The molecule has 1 amide bonds. The number of nitrogens with zero attached hydrogens (tertiary/aromatic N) is 4. The maximum Gasteiger partial charge on any atom is 0.271 e. The van der Waals surface area contributed by atoms with Gasteiger partial charge in [-0.05, 0) is 23.4 Å². The zero-order valence-electron chi connectivity index (χ0n) is 13.6. The molecule has 0 radical (unpaired) electrons. The van der Waals surface area contributed by atoms with Gasteiger partial charge in [-0.1, -0.05) is 6.07 Å². The number of nitro groups is 1. The molecule has 0 bridgehead atoms. The fraction of sp³-hybridized carbons (Fsp3) is 0.235. The standard InChI is InChI=1S/C17H14N4O4S/c22-16(4-3-15-18-19-17(25-15)12-6-8-26-10-12)20-7-5-11-1-2-13(21(23)24)9-14(11)20/h1-2,6,8-10H,3-5,7H2. The number of amides is 1. The second kappa shape index (κ2) is 6.68. The lowest BCUT2D eigenvalue weighted by Gasteiger charge is -2.16. The van der Waals surface area contributed by atoms with Crippen LogP contribution in [-0.4, -0.2) is 27.6 Å². The number of aryl methyl sites for hydroxylation is 1. The number of anilines is 1. The molecule has 0 spiro atoms. The first kappa shape index (κ1) is 16.4. The van der Waals surface area contributed by atoms with E-state index in [1.54, 1.807) is 11.0 Å². The van der Waals surface area contributed by atoms with E-state index in [9.17, 15) is 14.9 Å². The number of carbonyl (C=O) groups is 1. The third-order valence-electron chi connectivity index (χ3n) is 4.26. The van der Waals surface area contributed by atoms with Crippen molar-refractivity contribution in [3.05, 3.63) is 56.6 Å². The van der Waals surface area contributed by atoms with E-state index in [4.69, 9.17) is 4.42 Å². The summed E-state index contributed by atoms with van der Waals surface area (Å²) in [6.07, 6.45) is 1.23. The van der Waals surface area contributed by atoms with Gasteiger partial charge in [0.25, 0.3) is 5.69 Å². The van der Waals surface area contributed by atoms with Crippen LogP contribution < -0.4 is 4.90 Å². The predicted octanol–water partition coefficient (Wildman–Crippen LogP) is 3.23. The Bertz CT molecular complexity index is 967. The van der Waals surface area contributed by atoms with Crippen molar-refractivity contribution in [2.75, 3.05) is 11.4 Å². The van der Waals surface area contributed by atoms with Crippen LogP contribution in [0.5, 0.6) is 0 Å². The highest BCUT2D eigenvalue weighted by Gasteiger charge is 2.26. The maximum absolute atomic E-state index is 12.6. The highest BCUT2D eigenvalue weighted by molar-refractivity contribution is 7.08. The predicted molar refractivity (Wildman–Crippen MR) is 95.1 cm³/mol. The fourth-order valence-corrected chi connectivity index (χ4v) is 3.58. The zero-order valence-corrected chi connectivity index (χ0v) is 14.4. The highest BCUT2D eigenvalue weighted by Crippen LogP contribution is 2.32. The monoisotopic (exact) mass is 370 g/mol. The first-order valence-corrected chi connectivity index (χ1v) is 8.99. The van der Waals surface area contributed by atoms with E-state index in [1.807, 2.05) is 16.8 Å². The Morgan fingerprint density at radius 1 is 1.35 bits per heavy atom. The average Bonchev–Trinajstić information content (AvgIpc) is 3.38. The molecule has 9 heteroatoms. The van der Waals surface area contributed by atoms with Crippen molar-refractivity contribution in [3.8, 4) is 11.5 Å². The van der Waals surface area contributed by atoms with Gasteiger partial charge in [0.2, 0.25) is 17.7 Å². The first-order chi connectivity index (χ1) is 12.6. The number of hydrogen-bond donors (Lipinski definition) is 0. The summed E-state index contributed by atoms with van der Waals surface area (Å²) in [5.74, 6) is 0.730. The van der Waals surface area contributed by atoms with Crippen LogP contribution >= 0.6 is 11.3 Å². The molecule has 0 fully saturated rings. The molecule has 8 nitrogen and oxygen atoms in total. The molecule has 3 aromatic rings. The van der Waals surface area contributed by atoms with Crippen molar-refractivity contribution in [2.24, 2.45) is 0 Å². The summed E-state index contributed by atoms with van der Waals surface area (Å²) in [6.45, 7) is 0.527. The lowest BCUT2D eigenvalue weighted by atomic mass is 10.1. The molecule has 132 valence electrons. The average molecular weight is 370 g/mol. The topological polar surface area (TPSA) is 102 Å². The van der Waals surface area contributed by atoms with Gasteiger partial charge in [-0.3, -0.25) is 14.9 Å². The van der Waals surface area contributed by atoms with Crippen molar-refractivity contribution in [1.82, 2.24) is 10.2 Å². The molecule has 3 heterocycles. The third-order valence-corrected chi connectivity index (χ3v) is 4.95. The Balaban J connectivity index is 1.44. The van der Waals surface area contributed by atoms with Gasteiger partial charge in [0, 0.05) is 42.5 Å². The number of nitro benzene ring substituents is 1. The van der Waals surface area contributed by atoms with Gasteiger partial charge in [0.1, 0.15) is 0 Å². The Morgan fingerprint density at radius 3 is 3.00 bits per heavy atom. The van der Waals surface area contributed by atoms with E-state index in [2.05, 4.69) is 10.2 Å². The molecule has 1 aromatic carbocycles. The molecule has 0 atom stereocenters. The molecule has 4 rings (SSSR count). The van der Waals surface area contributed by atoms with Gasteiger partial charge < -0.3 is 9.32 Å². The Morgan fingerprint density at radius 2 is 2.23 bits per heavy atom. The minimum absolute atomic E-state index is 0.0132. The van der Waals surface area contributed by atoms with Crippen molar-refractivity contribution in [1.29, 1.82) is 0 Å². The molecule has 1 aliphatic rings. The van der Waals surface area contributed by atoms with E-state index in [0.717, 1.165) is 11.1 Å². The second-order valence-corrected chi connectivity index (χ2v) is 6.66. The van der Waals surface area contributed by atoms with Gasteiger partial charge in [-0.2, -0.15) is 11.3 Å². The van der Waals surface area contributed by atoms with E-state index >= 15 is 0 Å². The number of non-ortho nitro benzene ring substituents is 1. The van der Waals surface area contributed by atoms with E-state index in [-0.39, 0.29) is 18.0 Å². The minimum Gasteiger partial charge on any atom is -0.421 e. The number of thiophene rings is 1. The summed E-state index contributed by atoms with van der Waals surface area (Å²) in [6, 6.07) is 6.53. The van der Waals surface area contributed by atoms with Crippen LogP contribution in [0.2, 0.25) is 0 Å². The zero-order chi connectivity index (χ0) is 18.1. The highest BCUT2D eigenvalue weighted by atomic mass is 32.1. The number of hydrogen-bond acceptors (Lipinski definition) is 7. The SMILES string of the molecule is O=C(CCc1nnc(-c2ccsc2)o1)N1CCc2ccc([N+](=O)[O-])cc21. The van der Waals surface area contributed by atoms with Crippen LogP contribution in [0.3, 0.4) is 0 Å². The van der Waals surface area contributed by atoms with Crippen molar-refractivity contribution in [2.45, 2.75) is 19.3 Å². The summed E-state index contributed by atoms with van der Waals surface area (Å²) < 4.78 is 5.59. The van der Waals surface area contributed by atoms with Gasteiger partial charge in [-0.15, -0.1) is 10.2 Å². The lowest BCUT2D eigenvalue weighted by Crippen LogP contribution is -2.29. The molecule has 2 aromatic heterocycles. The Hall–Kier alpha value is -3.07. The number of benzene rings is 1. The summed E-state index contributed by atoms with van der Waals surface area (Å²) in [5, 5.41) is 22.8. The van der Waals surface area contributed by atoms with Crippen LogP contribution in [0.25, 0.3) is 11.5 Å². The van der Waals surface area contributed by atoms with Crippen LogP contribution in [-0.2, 0) is 17.6 Å². The summed E-state index contributed by atoms with van der Waals surface area (Å²) in [7, 11) is 0. The Kier molecular flexibility index (Phi) is 4.21. The molecule has 0 N–H and O–H groups in total. The van der Waals surface area contributed by atoms with E-state index in [0.29, 0.717) is 36.9 Å². The Labute approximate surface area is 152 Å². The van der Waals surface area contributed by atoms with Gasteiger partial charge in [0.15, 0.2) is 0 Å². The largest absolute Gasteiger partial charge is 0.421 e. The van der Waals surface area contributed by atoms with Gasteiger partial charge >= 0.3 is 0 Å². The number of carbonyl (C=O) groups excluding carboxylic acids is 1. The van der Waals surface area contributed by atoms with E-state index in [1.165, 1.54) is 23.5 Å². The van der Waals surface area contributed by atoms with Crippen molar-refractivity contribution >= 4 is 28.6 Å². The van der Waals surface area contributed by atoms with E-state index < -0.39 is 4.92 Å². The summed E-state index contributed by atoms with van der Waals surface area (Å²) in [4.78, 5) is 24.7. The van der Waals surface area contributed by atoms with Crippen LogP contribution in [0.15, 0.2) is 39.4 Å². The molecular weight excluding hydrogens is 356 g/mol. The van der Waals surface area contributed by atoms with Gasteiger partial charge in [-0.25, -0.2) is 0 Å². The lowest BCUT2D eigenvalue weighted by molar-refractivity contribution is -0.384.